The molecule has 28 heavy (non-hydrogen) atoms. The van der Waals surface area contributed by atoms with Gasteiger partial charge in [-0.2, -0.15) is 9.78 Å². The molecule has 0 radical (unpaired) electrons. The van der Waals surface area contributed by atoms with Crippen LogP contribution in [0.3, 0.4) is 0 Å². The maximum Gasteiger partial charge on any atom is 0.252 e. The van der Waals surface area contributed by atoms with Crippen LogP contribution in [-0.2, 0) is 10.3 Å². The molecule has 0 aliphatic carbocycles. The van der Waals surface area contributed by atoms with Crippen LogP contribution in [-0.4, -0.2) is 56.1 Å². The molecule has 1 amide bonds. The van der Waals surface area contributed by atoms with Crippen LogP contribution in [0, 0.1) is 0 Å². The zero-order valence-corrected chi connectivity index (χ0v) is 16.1. The molecule has 1 aliphatic rings. The highest BCUT2D eigenvalue weighted by molar-refractivity contribution is 5.97. The number of carbonyl (C=O) groups excluding carboxylic acids is 1. The van der Waals surface area contributed by atoms with Gasteiger partial charge >= 0.3 is 0 Å². The number of carbonyl (C=O) groups is 1. The summed E-state index contributed by atoms with van der Waals surface area (Å²) >= 11 is 0. The summed E-state index contributed by atoms with van der Waals surface area (Å²) in [4.78, 5) is 13.3. The minimum Gasteiger partial charge on any atom is -0.494 e. The minimum absolute atomic E-state index is 0. The third kappa shape index (κ3) is 3.56. The minimum atomic E-state index is -0.719. The van der Waals surface area contributed by atoms with Crippen LogP contribution >= 0.6 is 12.4 Å². The molecule has 3 heterocycles. The highest BCUT2D eigenvalue weighted by Gasteiger charge is 2.42. The lowest BCUT2D eigenvalue weighted by Crippen LogP contribution is -2.52. The maximum atomic E-state index is 13.3. The number of benzene rings is 1. The molecule has 3 aromatic rings. The summed E-state index contributed by atoms with van der Waals surface area (Å²) in [6.45, 7) is 1.51. The fourth-order valence-corrected chi connectivity index (χ4v) is 3.39. The van der Waals surface area contributed by atoms with Crippen molar-refractivity contribution in [3.63, 3.8) is 0 Å². The summed E-state index contributed by atoms with van der Waals surface area (Å²) in [6, 6.07) is 7.18. The Morgan fingerprint density at radius 3 is 2.79 bits per heavy atom. The zero-order valence-electron chi connectivity index (χ0n) is 15.3. The Balaban J connectivity index is 0.00000225. The van der Waals surface area contributed by atoms with Crippen LogP contribution in [0.2, 0.25) is 0 Å². The van der Waals surface area contributed by atoms with Gasteiger partial charge in [0.25, 0.3) is 5.91 Å². The second kappa shape index (κ2) is 8.36. The number of ether oxygens (including phenoxy) is 1. The first-order valence-corrected chi connectivity index (χ1v) is 8.67. The van der Waals surface area contributed by atoms with E-state index in [-0.39, 0.29) is 18.3 Å². The standard InChI is InChI=1S/C17H20N8O2.ClH/c1-27-15-4-3-13(11-14(15)24-12-19-22-23-24)21-16(26)17(5-8-18-9-6-17)25-10-2-7-20-25;/h2-4,7,10-12,18H,5-6,8-9H2,1H3,(H,21,26);1H. The average Bonchev–Trinajstić information content (AvgIpc) is 3.42. The second-order valence-corrected chi connectivity index (χ2v) is 6.33. The smallest absolute Gasteiger partial charge is 0.252 e. The number of aromatic nitrogens is 6. The molecule has 2 aromatic heterocycles. The lowest BCUT2D eigenvalue weighted by atomic mass is 9.87. The third-order valence-corrected chi connectivity index (χ3v) is 4.83. The number of rotatable bonds is 5. The third-order valence-electron chi connectivity index (χ3n) is 4.83. The number of hydrogen-bond acceptors (Lipinski definition) is 7. The van der Waals surface area contributed by atoms with E-state index in [4.69, 9.17) is 4.74 Å². The fourth-order valence-electron chi connectivity index (χ4n) is 3.39. The van der Waals surface area contributed by atoms with Crippen molar-refractivity contribution >= 4 is 24.0 Å². The van der Waals surface area contributed by atoms with Gasteiger partial charge in [-0.1, -0.05) is 0 Å². The number of halogens is 1. The van der Waals surface area contributed by atoms with Crippen molar-refractivity contribution in [2.75, 3.05) is 25.5 Å². The van der Waals surface area contributed by atoms with Gasteiger partial charge in [0, 0.05) is 18.1 Å². The van der Waals surface area contributed by atoms with Gasteiger partial charge < -0.3 is 15.4 Å². The van der Waals surface area contributed by atoms with Crippen LogP contribution in [0.1, 0.15) is 12.8 Å². The number of nitrogens with zero attached hydrogens (tertiary/aromatic N) is 6. The Morgan fingerprint density at radius 1 is 1.32 bits per heavy atom. The first-order chi connectivity index (χ1) is 13.2. The Kier molecular flexibility index (Phi) is 5.90. The molecule has 148 valence electrons. The Labute approximate surface area is 167 Å². The summed E-state index contributed by atoms with van der Waals surface area (Å²) in [6.07, 6.45) is 6.33. The molecule has 1 fully saturated rings. The fraction of sp³-hybridized carbons (Fsp3) is 0.353. The van der Waals surface area contributed by atoms with Crippen molar-refractivity contribution < 1.29 is 9.53 Å². The van der Waals surface area contributed by atoms with E-state index in [0.29, 0.717) is 30.0 Å². The average molecular weight is 405 g/mol. The number of nitrogens with one attached hydrogen (secondary N) is 2. The number of tetrazole rings is 1. The summed E-state index contributed by atoms with van der Waals surface area (Å²) in [5.74, 6) is 0.504. The van der Waals surface area contributed by atoms with Crippen molar-refractivity contribution in [1.82, 2.24) is 35.3 Å². The van der Waals surface area contributed by atoms with Gasteiger partial charge in [0.15, 0.2) is 0 Å². The predicted molar refractivity (Wildman–Crippen MR) is 104 cm³/mol. The van der Waals surface area contributed by atoms with E-state index in [2.05, 4.69) is 31.3 Å². The van der Waals surface area contributed by atoms with Crippen LogP contribution in [0.25, 0.3) is 5.69 Å². The molecular formula is C17H21ClN8O2. The highest BCUT2D eigenvalue weighted by atomic mass is 35.5. The van der Waals surface area contributed by atoms with Gasteiger partial charge in [0.05, 0.1) is 7.11 Å². The van der Waals surface area contributed by atoms with E-state index < -0.39 is 5.54 Å². The van der Waals surface area contributed by atoms with Crippen LogP contribution in [0.4, 0.5) is 5.69 Å². The number of piperidine rings is 1. The van der Waals surface area contributed by atoms with E-state index in [1.165, 1.54) is 11.0 Å². The van der Waals surface area contributed by atoms with Crippen molar-refractivity contribution in [2.45, 2.75) is 18.4 Å². The quantitative estimate of drug-likeness (QED) is 0.652. The topological polar surface area (TPSA) is 112 Å². The lowest BCUT2D eigenvalue weighted by molar-refractivity contribution is -0.126. The largest absolute Gasteiger partial charge is 0.494 e. The van der Waals surface area contributed by atoms with Gasteiger partial charge in [0.1, 0.15) is 23.3 Å². The van der Waals surface area contributed by atoms with E-state index >= 15 is 0 Å². The number of hydrogen-bond donors (Lipinski definition) is 2. The zero-order chi connectivity index (χ0) is 18.7. The molecule has 0 saturated carbocycles. The van der Waals surface area contributed by atoms with Crippen LogP contribution in [0.5, 0.6) is 5.75 Å². The van der Waals surface area contributed by atoms with Gasteiger partial charge in [-0.15, -0.1) is 17.5 Å². The van der Waals surface area contributed by atoms with Crippen molar-refractivity contribution in [3.8, 4) is 11.4 Å². The number of methoxy groups -OCH3 is 1. The lowest BCUT2D eigenvalue weighted by Gasteiger charge is -2.36. The molecule has 1 aliphatic heterocycles. The molecule has 1 saturated heterocycles. The highest BCUT2D eigenvalue weighted by Crippen LogP contribution is 2.30. The normalized spacial score (nSPS) is 15.5. The Morgan fingerprint density at radius 2 is 2.14 bits per heavy atom. The predicted octanol–water partition coefficient (Wildman–Crippen LogP) is 1.01. The van der Waals surface area contributed by atoms with Crippen molar-refractivity contribution in [3.05, 3.63) is 43.0 Å². The number of amides is 1. The van der Waals surface area contributed by atoms with Crippen LogP contribution in [0.15, 0.2) is 43.0 Å². The summed E-state index contributed by atoms with van der Waals surface area (Å²) in [5, 5.41) is 21.9. The van der Waals surface area contributed by atoms with Crippen molar-refractivity contribution in [2.24, 2.45) is 0 Å². The molecule has 10 nitrogen and oxygen atoms in total. The first-order valence-electron chi connectivity index (χ1n) is 8.67. The summed E-state index contributed by atoms with van der Waals surface area (Å²) in [7, 11) is 1.57. The van der Waals surface area contributed by atoms with E-state index in [1.807, 2.05) is 12.3 Å². The molecule has 0 atom stereocenters. The molecule has 1 aromatic carbocycles. The van der Waals surface area contributed by atoms with E-state index in [9.17, 15) is 4.79 Å². The van der Waals surface area contributed by atoms with E-state index in [0.717, 1.165) is 13.1 Å². The molecule has 2 N–H and O–H groups in total. The van der Waals surface area contributed by atoms with Gasteiger partial charge in [-0.3, -0.25) is 9.48 Å². The summed E-state index contributed by atoms with van der Waals surface area (Å²) in [5.41, 5.74) is 0.555. The molecule has 4 rings (SSSR count). The van der Waals surface area contributed by atoms with E-state index in [1.54, 1.807) is 36.2 Å². The molecule has 11 heteroatoms. The summed E-state index contributed by atoms with van der Waals surface area (Å²) < 4.78 is 8.62. The van der Waals surface area contributed by atoms with Gasteiger partial charge in [0.2, 0.25) is 0 Å². The SMILES string of the molecule is COc1ccc(NC(=O)C2(n3cccn3)CCNCC2)cc1-n1cnnn1.Cl. The second-order valence-electron chi connectivity index (χ2n) is 6.33. The molecule has 0 unspecified atom stereocenters. The van der Waals surface area contributed by atoms with Crippen LogP contribution < -0.4 is 15.4 Å². The first kappa shape index (κ1) is 19.8. The Bertz CT molecular complexity index is 907. The maximum absolute atomic E-state index is 13.3. The monoisotopic (exact) mass is 404 g/mol. The van der Waals surface area contributed by atoms with Crippen molar-refractivity contribution in [1.29, 1.82) is 0 Å². The van der Waals surface area contributed by atoms with Gasteiger partial charge in [-0.05, 0) is 60.6 Å². The molecular weight excluding hydrogens is 384 g/mol. The Hall–Kier alpha value is -2.98. The van der Waals surface area contributed by atoms with Gasteiger partial charge in [-0.25, -0.2) is 0 Å². The molecule has 0 bridgehead atoms. The number of anilines is 1. The molecule has 0 spiro atoms.